The van der Waals surface area contributed by atoms with E-state index in [4.69, 9.17) is 4.74 Å². The van der Waals surface area contributed by atoms with Crippen LogP contribution in [0.3, 0.4) is 0 Å². The van der Waals surface area contributed by atoms with Crippen molar-refractivity contribution in [2.75, 3.05) is 23.9 Å². The summed E-state index contributed by atoms with van der Waals surface area (Å²) in [4.78, 5) is 29.9. The Labute approximate surface area is 131 Å². The van der Waals surface area contributed by atoms with Crippen LogP contribution in [0.1, 0.15) is 22.5 Å². The number of nitrogens with zero attached hydrogens (tertiary/aromatic N) is 2. The van der Waals surface area contributed by atoms with Gasteiger partial charge >= 0.3 is 0 Å². The molecular weight excluding hydrogens is 302 g/mol. The lowest BCUT2D eigenvalue weighted by Crippen LogP contribution is -2.25. The number of benzene rings is 1. The van der Waals surface area contributed by atoms with Gasteiger partial charge in [0.2, 0.25) is 5.91 Å². The van der Waals surface area contributed by atoms with Gasteiger partial charge in [0, 0.05) is 18.0 Å². The van der Waals surface area contributed by atoms with Crippen molar-refractivity contribution < 1.29 is 14.3 Å². The van der Waals surface area contributed by atoms with Gasteiger partial charge in [0.15, 0.2) is 5.13 Å². The number of fused-ring (bicyclic) bond motifs is 1. The molecule has 0 fully saturated rings. The molecule has 6 nitrogen and oxygen atoms in total. The third-order valence-corrected chi connectivity index (χ3v) is 4.25. The Morgan fingerprint density at radius 2 is 2.27 bits per heavy atom. The Balaban J connectivity index is 1.87. The lowest BCUT2D eigenvalue weighted by molar-refractivity contribution is -0.118. The highest BCUT2D eigenvalue weighted by molar-refractivity contribution is 7.13. The van der Waals surface area contributed by atoms with Crippen LogP contribution in [0.4, 0.5) is 10.8 Å². The van der Waals surface area contributed by atoms with Crippen molar-refractivity contribution in [2.45, 2.75) is 13.3 Å². The van der Waals surface area contributed by atoms with Crippen LogP contribution < -0.4 is 15.0 Å². The number of nitrogens with one attached hydrogen (secondary N) is 1. The smallest absolute Gasteiger partial charge is 0.257 e. The SMILES string of the molecule is Cc1csc(NC(=O)c2ccc3c(c2)N(C)C(=O)CCO3)n1. The lowest BCUT2D eigenvalue weighted by atomic mass is 10.1. The largest absolute Gasteiger partial charge is 0.491 e. The van der Waals surface area contributed by atoms with Crippen LogP contribution in [0, 0.1) is 6.92 Å². The van der Waals surface area contributed by atoms with Gasteiger partial charge in [-0.25, -0.2) is 4.98 Å². The average Bonchev–Trinajstić information content (AvgIpc) is 2.85. The number of carbonyl (C=O) groups excluding carboxylic acids is 2. The third kappa shape index (κ3) is 2.80. The van der Waals surface area contributed by atoms with Gasteiger partial charge in [0.1, 0.15) is 5.75 Å². The van der Waals surface area contributed by atoms with Gasteiger partial charge in [0.05, 0.1) is 24.4 Å². The zero-order valence-electron chi connectivity index (χ0n) is 12.3. The van der Waals surface area contributed by atoms with Gasteiger partial charge in [-0.1, -0.05) is 0 Å². The molecule has 2 amide bonds. The molecule has 0 unspecified atom stereocenters. The molecular formula is C15H15N3O3S. The Hall–Kier alpha value is -2.41. The summed E-state index contributed by atoms with van der Waals surface area (Å²) >= 11 is 1.37. The van der Waals surface area contributed by atoms with E-state index in [1.165, 1.54) is 16.2 Å². The van der Waals surface area contributed by atoms with Gasteiger partial charge in [-0.2, -0.15) is 0 Å². The number of amides is 2. The molecule has 1 N–H and O–H groups in total. The summed E-state index contributed by atoms with van der Waals surface area (Å²) in [6, 6.07) is 5.05. The minimum absolute atomic E-state index is 0.0353. The Bertz CT molecular complexity index is 741. The van der Waals surface area contributed by atoms with Gasteiger partial charge in [0.25, 0.3) is 5.91 Å². The number of hydrogen-bond acceptors (Lipinski definition) is 5. The molecule has 0 atom stereocenters. The summed E-state index contributed by atoms with van der Waals surface area (Å²) in [7, 11) is 1.68. The molecule has 0 saturated heterocycles. The molecule has 2 aromatic rings. The zero-order chi connectivity index (χ0) is 15.7. The first-order valence-corrected chi connectivity index (χ1v) is 7.69. The second-order valence-electron chi connectivity index (χ2n) is 4.98. The van der Waals surface area contributed by atoms with E-state index in [2.05, 4.69) is 10.3 Å². The normalized spacial score (nSPS) is 14.1. The number of aromatic nitrogens is 1. The van der Waals surface area contributed by atoms with Crippen molar-refractivity contribution in [3.05, 3.63) is 34.8 Å². The van der Waals surface area contributed by atoms with E-state index in [9.17, 15) is 9.59 Å². The number of rotatable bonds is 2. The predicted molar refractivity (Wildman–Crippen MR) is 84.8 cm³/mol. The maximum Gasteiger partial charge on any atom is 0.257 e. The second-order valence-corrected chi connectivity index (χ2v) is 5.84. The fourth-order valence-corrected chi connectivity index (χ4v) is 2.86. The standard InChI is InChI=1S/C15H15N3O3S/c1-9-8-22-15(16-9)17-14(20)10-3-4-12-11(7-10)18(2)13(19)5-6-21-12/h3-4,7-8H,5-6H2,1-2H3,(H,16,17,20). The highest BCUT2D eigenvalue weighted by atomic mass is 32.1. The first kappa shape index (κ1) is 14.5. The van der Waals surface area contributed by atoms with Crippen molar-refractivity contribution in [2.24, 2.45) is 0 Å². The van der Waals surface area contributed by atoms with E-state index in [1.807, 2.05) is 12.3 Å². The first-order chi connectivity index (χ1) is 10.5. The molecule has 0 aliphatic carbocycles. The predicted octanol–water partition coefficient (Wildman–Crippen LogP) is 2.45. The lowest BCUT2D eigenvalue weighted by Gasteiger charge is -2.17. The third-order valence-electron chi connectivity index (χ3n) is 3.37. The van der Waals surface area contributed by atoms with E-state index in [1.54, 1.807) is 25.2 Å². The molecule has 7 heteroatoms. The zero-order valence-corrected chi connectivity index (χ0v) is 13.1. The summed E-state index contributed by atoms with van der Waals surface area (Å²) in [6.07, 6.45) is 0.325. The van der Waals surface area contributed by atoms with Crippen molar-refractivity contribution in [1.82, 2.24) is 4.98 Å². The van der Waals surface area contributed by atoms with Crippen LogP contribution in [0.5, 0.6) is 5.75 Å². The van der Waals surface area contributed by atoms with Crippen molar-refractivity contribution >= 4 is 34.0 Å². The molecule has 0 radical (unpaired) electrons. The molecule has 0 saturated carbocycles. The molecule has 0 spiro atoms. The molecule has 114 valence electrons. The number of hydrogen-bond donors (Lipinski definition) is 1. The Kier molecular flexibility index (Phi) is 3.81. The minimum atomic E-state index is -0.262. The van der Waals surface area contributed by atoms with Gasteiger partial charge in [-0.15, -0.1) is 11.3 Å². The van der Waals surface area contributed by atoms with Crippen LogP contribution >= 0.6 is 11.3 Å². The van der Waals surface area contributed by atoms with Crippen LogP contribution in [-0.4, -0.2) is 30.5 Å². The van der Waals surface area contributed by atoms with E-state index in [-0.39, 0.29) is 11.8 Å². The van der Waals surface area contributed by atoms with Crippen LogP contribution in [-0.2, 0) is 4.79 Å². The molecule has 2 heterocycles. The fourth-order valence-electron chi connectivity index (χ4n) is 2.17. The summed E-state index contributed by atoms with van der Waals surface area (Å²) in [5.74, 6) is 0.309. The van der Waals surface area contributed by atoms with Crippen LogP contribution in [0.15, 0.2) is 23.6 Å². The molecule has 0 bridgehead atoms. The number of thiazole rings is 1. The summed E-state index contributed by atoms with van der Waals surface area (Å²) in [5.41, 5.74) is 1.92. The summed E-state index contributed by atoms with van der Waals surface area (Å²) < 4.78 is 5.54. The van der Waals surface area contributed by atoms with Crippen molar-refractivity contribution in [3.8, 4) is 5.75 Å². The fraction of sp³-hybridized carbons (Fsp3) is 0.267. The van der Waals surface area contributed by atoms with Crippen molar-refractivity contribution in [1.29, 1.82) is 0 Å². The molecule has 3 rings (SSSR count). The summed E-state index contributed by atoms with van der Waals surface area (Å²) in [5, 5.41) is 5.17. The van der Waals surface area contributed by atoms with Gasteiger partial charge in [-0.05, 0) is 25.1 Å². The van der Waals surface area contributed by atoms with E-state index in [0.29, 0.717) is 35.2 Å². The Morgan fingerprint density at radius 3 is 3.00 bits per heavy atom. The van der Waals surface area contributed by atoms with E-state index in [0.717, 1.165) is 5.69 Å². The number of aryl methyl sites for hydroxylation is 1. The molecule has 1 aliphatic heterocycles. The quantitative estimate of drug-likeness (QED) is 0.923. The number of anilines is 2. The number of ether oxygens (including phenoxy) is 1. The average molecular weight is 317 g/mol. The maximum atomic E-state index is 12.3. The highest BCUT2D eigenvalue weighted by Crippen LogP contribution is 2.31. The topological polar surface area (TPSA) is 71.5 Å². The molecule has 1 aliphatic rings. The van der Waals surface area contributed by atoms with E-state index < -0.39 is 0 Å². The van der Waals surface area contributed by atoms with Crippen molar-refractivity contribution in [3.63, 3.8) is 0 Å². The van der Waals surface area contributed by atoms with Crippen LogP contribution in [0.2, 0.25) is 0 Å². The monoisotopic (exact) mass is 317 g/mol. The highest BCUT2D eigenvalue weighted by Gasteiger charge is 2.21. The number of carbonyl (C=O) groups is 2. The van der Waals surface area contributed by atoms with E-state index >= 15 is 0 Å². The van der Waals surface area contributed by atoms with Gasteiger partial charge in [-0.3, -0.25) is 14.9 Å². The second kappa shape index (κ2) is 5.76. The first-order valence-electron chi connectivity index (χ1n) is 6.81. The van der Waals surface area contributed by atoms with Crippen LogP contribution in [0.25, 0.3) is 0 Å². The molecule has 1 aromatic heterocycles. The maximum absolute atomic E-state index is 12.3. The van der Waals surface area contributed by atoms with Gasteiger partial charge < -0.3 is 9.64 Å². The molecule has 22 heavy (non-hydrogen) atoms. The minimum Gasteiger partial charge on any atom is -0.491 e. The summed E-state index contributed by atoms with van der Waals surface area (Å²) in [6.45, 7) is 2.21. The molecule has 1 aromatic carbocycles. The Morgan fingerprint density at radius 1 is 1.45 bits per heavy atom.